The molecule has 0 bridgehead atoms. The minimum absolute atomic E-state index is 0.0176. The van der Waals surface area contributed by atoms with Gasteiger partial charge < -0.3 is 16.0 Å². The molecule has 0 saturated carbocycles. The van der Waals surface area contributed by atoms with Gasteiger partial charge in [0.15, 0.2) is 0 Å². The quantitative estimate of drug-likeness (QED) is 0.590. The van der Waals surface area contributed by atoms with Crippen molar-refractivity contribution in [3.05, 3.63) is 0 Å². The molecule has 0 atom stereocenters. The number of amides is 2. The molecule has 1 rings (SSSR count). The fraction of sp³-hybridized carbons (Fsp3) is 0.700. The summed E-state index contributed by atoms with van der Waals surface area (Å²) >= 11 is 4.75. The van der Waals surface area contributed by atoms with Gasteiger partial charge in [0, 0.05) is 33.1 Å². The molecule has 0 aromatic carbocycles. The molecule has 0 aromatic rings. The van der Waals surface area contributed by atoms with E-state index < -0.39 is 0 Å². The maximum absolute atomic E-state index is 11.8. The maximum atomic E-state index is 11.8. The van der Waals surface area contributed by atoms with E-state index in [2.05, 4.69) is 5.32 Å². The van der Waals surface area contributed by atoms with E-state index in [0.29, 0.717) is 31.0 Å². The average Bonchev–Trinajstić information content (AvgIpc) is 2.25. The number of hydrogen-bond acceptors (Lipinski definition) is 4. The first kappa shape index (κ1) is 13.9. The lowest BCUT2D eigenvalue weighted by molar-refractivity contribution is -0.132. The third-order valence-electron chi connectivity index (χ3n) is 2.60. The zero-order valence-corrected chi connectivity index (χ0v) is 10.8. The Balaban J connectivity index is 2.32. The van der Waals surface area contributed by atoms with E-state index >= 15 is 0 Å². The zero-order valence-electron chi connectivity index (χ0n) is 9.94. The molecule has 1 fully saturated rings. The summed E-state index contributed by atoms with van der Waals surface area (Å²) in [5, 5.41) is 2.72. The fourth-order valence-corrected chi connectivity index (χ4v) is 1.63. The van der Waals surface area contributed by atoms with Crippen molar-refractivity contribution in [1.82, 2.24) is 15.1 Å². The van der Waals surface area contributed by atoms with Crippen molar-refractivity contribution < 1.29 is 9.59 Å². The minimum Gasteiger partial charge on any atom is -0.393 e. The van der Waals surface area contributed by atoms with Gasteiger partial charge in [-0.15, -0.1) is 0 Å². The fourth-order valence-electron chi connectivity index (χ4n) is 1.54. The Morgan fingerprint density at radius 2 is 2.35 bits per heavy atom. The SMILES string of the molecule is CN(CCC(N)=S)C(=O)CN1CCNC(=O)C1. The van der Waals surface area contributed by atoms with Crippen LogP contribution < -0.4 is 11.1 Å². The summed E-state index contributed by atoms with van der Waals surface area (Å²) in [6.45, 7) is 2.38. The smallest absolute Gasteiger partial charge is 0.236 e. The molecular weight excluding hydrogens is 240 g/mol. The lowest BCUT2D eigenvalue weighted by Gasteiger charge is -2.27. The molecular formula is C10H18N4O2S. The number of piperazine rings is 1. The zero-order chi connectivity index (χ0) is 12.8. The van der Waals surface area contributed by atoms with Crippen LogP contribution in [0, 0.1) is 0 Å². The van der Waals surface area contributed by atoms with Gasteiger partial charge in [-0.3, -0.25) is 14.5 Å². The first-order chi connectivity index (χ1) is 7.99. The number of nitrogens with one attached hydrogen (secondary N) is 1. The van der Waals surface area contributed by atoms with Crippen LogP contribution in [0.25, 0.3) is 0 Å². The van der Waals surface area contributed by atoms with Crippen LogP contribution in [0.15, 0.2) is 0 Å². The highest BCUT2D eigenvalue weighted by Crippen LogP contribution is 1.96. The van der Waals surface area contributed by atoms with Crippen molar-refractivity contribution in [3.63, 3.8) is 0 Å². The van der Waals surface area contributed by atoms with E-state index in [4.69, 9.17) is 18.0 Å². The molecule has 3 N–H and O–H groups in total. The molecule has 1 saturated heterocycles. The van der Waals surface area contributed by atoms with Crippen LogP contribution in [0.3, 0.4) is 0 Å². The third-order valence-corrected chi connectivity index (χ3v) is 2.80. The van der Waals surface area contributed by atoms with Crippen molar-refractivity contribution in [2.75, 3.05) is 39.8 Å². The minimum atomic E-state index is -0.0326. The van der Waals surface area contributed by atoms with Gasteiger partial charge >= 0.3 is 0 Å². The van der Waals surface area contributed by atoms with E-state index in [0.717, 1.165) is 0 Å². The standard InChI is InChI=1S/C10H18N4O2S/c1-13(4-2-8(11)17)10(16)7-14-5-3-12-9(15)6-14/h2-7H2,1H3,(H2,11,17)(H,12,15). The molecule has 0 unspecified atom stereocenters. The number of carbonyl (C=O) groups excluding carboxylic acids is 2. The normalized spacial score (nSPS) is 16.4. The number of likely N-dealkylation sites (N-methyl/N-ethyl adjacent to an activating group) is 1. The second kappa shape index (κ2) is 6.51. The van der Waals surface area contributed by atoms with Crippen LogP contribution in [-0.2, 0) is 9.59 Å². The second-order valence-corrected chi connectivity index (χ2v) is 4.62. The van der Waals surface area contributed by atoms with Crippen molar-refractivity contribution in [1.29, 1.82) is 0 Å². The molecule has 0 aliphatic carbocycles. The predicted molar refractivity (Wildman–Crippen MR) is 68.5 cm³/mol. The number of thiocarbonyl (C=S) groups is 1. The summed E-state index contributed by atoms with van der Waals surface area (Å²) in [4.78, 5) is 26.8. The number of rotatable bonds is 5. The molecule has 96 valence electrons. The third kappa shape index (κ3) is 5.10. The van der Waals surface area contributed by atoms with Gasteiger partial charge in [-0.25, -0.2) is 0 Å². The monoisotopic (exact) mass is 258 g/mol. The summed E-state index contributed by atoms with van der Waals surface area (Å²) in [6, 6.07) is 0. The molecule has 2 amide bonds. The van der Waals surface area contributed by atoms with Crippen LogP contribution >= 0.6 is 12.2 Å². The Labute approximate surface area is 106 Å². The molecule has 0 spiro atoms. The number of carbonyl (C=O) groups is 2. The van der Waals surface area contributed by atoms with E-state index in [1.54, 1.807) is 11.9 Å². The first-order valence-corrected chi connectivity index (χ1v) is 5.91. The molecule has 7 heteroatoms. The average molecular weight is 258 g/mol. The van der Waals surface area contributed by atoms with Gasteiger partial charge in [-0.1, -0.05) is 12.2 Å². The van der Waals surface area contributed by atoms with Crippen molar-refractivity contribution in [2.45, 2.75) is 6.42 Å². The van der Waals surface area contributed by atoms with Gasteiger partial charge in [0.05, 0.1) is 18.1 Å². The highest BCUT2D eigenvalue weighted by Gasteiger charge is 2.20. The lowest BCUT2D eigenvalue weighted by Crippen LogP contribution is -2.50. The second-order valence-electron chi connectivity index (χ2n) is 4.09. The molecule has 6 nitrogen and oxygen atoms in total. The topological polar surface area (TPSA) is 78.7 Å². The Morgan fingerprint density at radius 1 is 1.65 bits per heavy atom. The first-order valence-electron chi connectivity index (χ1n) is 5.50. The van der Waals surface area contributed by atoms with Crippen molar-refractivity contribution in [2.24, 2.45) is 5.73 Å². The summed E-state index contributed by atoms with van der Waals surface area (Å²) in [5.41, 5.74) is 5.37. The Bertz CT molecular complexity index is 321. The van der Waals surface area contributed by atoms with E-state index in [9.17, 15) is 9.59 Å². The van der Waals surface area contributed by atoms with Crippen LogP contribution in [0.2, 0.25) is 0 Å². The number of nitrogens with two attached hydrogens (primary N) is 1. The van der Waals surface area contributed by atoms with Gasteiger partial charge in [-0.2, -0.15) is 0 Å². The summed E-state index contributed by atoms with van der Waals surface area (Å²) in [5.74, 6) is -0.0502. The summed E-state index contributed by atoms with van der Waals surface area (Å²) < 4.78 is 0. The molecule has 17 heavy (non-hydrogen) atoms. The predicted octanol–water partition coefficient (Wildman–Crippen LogP) is -1.45. The summed E-state index contributed by atoms with van der Waals surface area (Å²) in [6.07, 6.45) is 0.526. The highest BCUT2D eigenvalue weighted by atomic mass is 32.1. The molecule has 0 aromatic heterocycles. The number of hydrogen-bond donors (Lipinski definition) is 2. The van der Waals surface area contributed by atoms with Gasteiger partial charge in [-0.05, 0) is 0 Å². The van der Waals surface area contributed by atoms with Crippen LogP contribution in [-0.4, -0.2) is 66.4 Å². The van der Waals surface area contributed by atoms with Gasteiger partial charge in [0.1, 0.15) is 0 Å². The highest BCUT2D eigenvalue weighted by molar-refractivity contribution is 7.80. The largest absolute Gasteiger partial charge is 0.393 e. The van der Waals surface area contributed by atoms with E-state index in [1.165, 1.54) is 0 Å². The van der Waals surface area contributed by atoms with Crippen LogP contribution in [0.1, 0.15) is 6.42 Å². The molecule has 1 heterocycles. The Morgan fingerprint density at radius 3 is 2.94 bits per heavy atom. The number of nitrogens with zero attached hydrogens (tertiary/aromatic N) is 2. The van der Waals surface area contributed by atoms with Crippen molar-refractivity contribution >= 4 is 29.0 Å². The molecule has 1 aliphatic rings. The van der Waals surface area contributed by atoms with Crippen LogP contribution in [0.5, 0.6) is 0 Å². The van der Waals surface area contributed by atoms with Crippen molar-refractivity contribution in [3.8, 4) is 0 Å². The Hall–Kier alpha value is -1.21. The Kier molecular flexibility index (Phi) is 5.30. The summed E-state index contributed by atoms with van der Waals surface area (Å²) in [7, 11) is 1.71. The van der Waals surface area contributed by atoms with E-state index in [1.807, 2.05) is 4.90 Å². The van der Waals surface area contributed by atoms with E-state index in [-0.39, 0.29) is 24.9 Å². The van der Waals surface area contributed by atoms with Gasteiger partial charge in [0.2, 0.25) is 11.8 Å². The maximum Gasteiger partial charge on any atom is 0.236 e. The molecule has 1 aliphatic heterocycles. The molecule has 0 radical (unpaired) electrons. The van der Waals surface area contributed by atoms with Gasteiger partial charge in [0.25, 0.3) is 0 Å². The lowest BCUT2D eigenvalue weighted by atomic mass is 10.3. The van der Waals surface area contributed by atoms with Crippen LogP contribution in [0.4, 0.5) is 0 Å².